The summed E-state index contributed by atoms with van der Waals surface area (Å²) in [4.78, 5) is 16.9. The van der Waals surface area contributed by atoms with Gasteiger partial charge in [-0.05, 0) is 24.5 Å². The van der Waals surface area contributed by atoms with Gasteiger partial charge in [-0.2, -0.15) is 0 Å². The third-order valence-electron chi connectivity index (χ3n) is 3.66. The van der Waals surface area contributed by atoms with Gasteiger partial charge in [-0.1, -0.05) is 32.0 Å². The molecule has 3 heteroatoms. The average Bonchev–Trinajstić information content (AvgIpc) is 2.39. The number of hydrogen-bond donors (Lipinski definition) is 0. The van der Waals surface area contributed by atoms with Gasteiger partial charge in [0.15, 0.2) is 0 Å². The van der Waals surface area contributed by atoms with Crippen molar-refractivity contribution in [3.8, 4) is 0 Å². The summed E-state index contributed by atoms with van der Waals surface area (Å²) in [5, 5.41) is 0. The van der Waals surface area contributed by atoms with E-state index in [2.05, 4.69) is 18.7 Å². The fourth-order valence-corrected chi connectivity index (χ4v) is 2.63. The van der Waals surface area contributed by atoms with E-state index in [0.29, 0.717) is 5.92 Å². The van der Waals surface area contributed by atoms with Gasteiger partial charge in [0.05, 0.1) is 0 Å². The van der Waals surface area contributed by atoms with Crippen LogP contribution in [0.15, 0.2) is 24.3 Å². The average molecular weight is 260 g/mol. The van der Waals surface area contributed by atoms with Crippen molar-refractivity contribution < 1.29 is 4.79 Å². The van der Waals surface area contributed by atoms with Gasteiger partial charge in [-0.15, -0.1) is 0 Å². The van der Waals surface area contributed by atoms with Crippen molar-refractivity contribution in [1.29, 1.82) is 0 Å². The van der Waals surface area contributed by atoms with Crippen molar-refractivity contribution in [2.24, 2.45) is 5.92 Å². The van der Waals surface area contributed by atoms with E-state index in [1.54, 1.807) is 0 Å². The van der Waals surface area contributed by atoms with Gasteiger partial charge in [-0.25, -0.2) is 0 Å². The summed E-state index contributed by atoms with van der Waals surface area (Å²) in [6, 6.07) is 7.85. The second-order valence-corrected chi connectivity index (χ2v) is 5.80. The molecule has 1 aliphatic heterocycles. The van der Waals surface area contributed by atoms with Crippen LogP contribution in [0.2, 0.25) is 0 Å². The lowest BCUT2D eigenvalue weighted by molar-refractivity contribution is 0.0623. The number of carbonyl (C=O) groups excluding carboxylic acids is 1. The molecule has 1 heterocycles. The minimum atomic E-state index is 0.183. The van der Waals surface area contributed by atoms with E-state index in [1.807, 2.05) is 36.1 Å². The summed E-state index contributed by atoms with van der Waals surface area (Å²) < 4.78 is 0. The minimum Gasteiger partial charge on any atom is -0.336 e. The Kier molecular flexibility index (Phi) is 4.59. The van der Waals surface area contributed by atoms with Crippen molar-refractivity contribution >= 4 is 5.91 Å². The van der Waals surface area contributed by atoms with E-state index in [9.17, 15) is 4.79 Å². The normalized spacial score (nSPS) is 16.9. The van der Waals surface area contributed by atoms with Crippen LogP contribution in [0.4, 0.5) is 0 Å². The number of rotatable bonds is 3. The number of amides is 1. The predicted octanol–water partition coefficient (Wildman–Crippen LogP) is 2.41. The first kappa shape index (κ1) is 14.1. The van der Waals surface area contributed by atoms with Crippen molar-refractivity contribution in [2.75, 3.05) is 32.7 Å². The largest absolute Gasteiger partial charge is 0.336 e. The van der Waals surface area contributed by atoms with Crippen LogP contribution in [0.3, 0.4) is 0 Å². The quantitative estimate of drug-likeness (QED) is 0.833. The van der Waals surface area contributed by atoms with Gasteiger partial charge >= 0.3 is 0 Å². The number of benzene rings is 1. The molecule has 0 saturated carbocycles. The molecule has 0 unspecified atom stereocenters. The standard InChI is InChI=1S/C16H24N2O/c1-13(2)12-17-8-10-18(11-9-17)16(19)15-7-5-4-6-14(15)3/h4-7,13H,8-12H2,1-3H3. The number of carbonyl (C=O) groups is 1. The molecule has 2 rings (SSSR count). The molecule has 1 aromatic rings. The molecule has 1 fully saturated rings. The molecule has 1 aliphatic rings. The van der Waals surface area contributed by atoms with E-state index in [0.717, 1.165) is 43.9 Å². The molecule has 3 nitrogen and oxygen atoms in total. The smallest absolute Gasteiger partial charge is 0.254 e. The first-order chi connectivity index (χ1) is 9.08. The Bertz CT molecular complexity index is 434. The molecule has 19 heavy (non-hydrogen) atoms. The van der Waals surface area contributed by atoms with Crippen molar-refractivity contribution in [3.05, 3.63) is 35.4 Å². The van der Waals surface area contributed by atoms with Crippen LogP contribution in [0.25, 0.3) is 0 Å². The monoisotopic (exact) mass is 260 g/mol. The maximum absolute atomic E-state index is 12.5. The molecule has 104 valence electrons. The SMILES string of the molecule is Cc1ccccc1C(=O)N1CCN(CC(C)C)CC1. The Balaban J connectivity index is 1.95. The summed E-state index contributed by atoms with van der Waals surface area (Å²) in [7, 11) is 0. The number of nitrogens with zero attached hydrogens (tertiary/aromatic N) is 2. The van der Waals surface area contributed by atoms with Gasteiger partial charge in [0, 0.05) is 38.3 Å². The summed E-state index contributed by atoms with van der Waals surface area (Å²) in [5.74, 6) is 0.876. The Morgan fingerprint density at radius 1 is 1.16 bits per heavy atom. The highest BCUT2D eigenvalue weighted by Gasteiger charge is 2.22. The molecule has 1 aromatic carbocycles. The summed E-state index contributed by atoms with van der Waals surface area (Å²) in [6.45, 7) is 11.3. The van der Waals surface area contributed by atoms with Gasteiger partial charge in [-0.3, -0.25) is 9.69 Å². The topological polar surface area (TPSA) is 23.6 Å². The second kappa shape index (κ2) is 6.20. The zero-order valence-electron chi connectivity index (χ0n) is 12.2. The van der Waals surface area contributed by atoms with Crippen LogP contribution in [0.5, 0.6) is 0 Å². The molecule has 0 spiro atoms. The maximum atomic E-state index is 12.5. The van der Waals surface area contributed by atoms with Crippen LogP contribution in [0, 0.1) is 12.8 Å². The zero-order chi connectivity index (χ0) is 13.8. The van der Waals surface area contributed by atoms with E-state index < -0.39 is 0 Å². The Hall–Kier alpha value is -1.35. The molecule has 0 radical (unpaired) electrons. The van der Waals surface area contributed by atoms with Gasteiger partial charge in [0.25, 0.3) is 5.91 Å². The molecule has 0 N–H and O–H groups in total. The molecular formula is C16H24N2O. The second-order valence-electron chi connectivity index (χ2n) is 5.80. The molecule has 0 aliphatic carbocycles. The van der Waals surface area contributed by atoms with Gasteiger partial charge in [0.2, 0.25) is 0 Å². The van der Waals surface area contributed by atoms with Crippen LogP contribution in [0.1, 0.15) is 29.8 Å². The first-order valence-electron chi connectivity index (χ1n) is 7.15. The molecule has 1 saturated heterocycles. The molecule has 0 atom stereocenters. The lowest BCUT2D eigenvalue weighted by Gasteiger charge is -2.35. The highest BCUT2D eigenvalue weighted by atomic mass is 16.2. The van der Waals surface area contributed by atoms with Crippen molar-refractivity contribution in [3.63, 3.8) is 0 Å². The maximum Gasteiger partial charge on any atom is 0.254 e. The summed E-state index contributed by atoms with van der Waals surface area (Å²) >= 11 is 0. The third kappa shape index (κ3) is 3.57. The van der Waals surface area contributed by atoms with Crippen molar-refractivity contribution in [2.45, 2.75) is 20.8 Å². The molecule has 0 bridgehead atoms. The third-order valence-corrected chi connectivity index (χ3v) is 3.66. The van der Waals surface area contributed by atoms with Crippen LogP contribution < -0.4 is 0 Å². The minimum absolute atomic E-state index is 0.183. The van der Waals surface area contributed by atoms with Crippen molar-refractivity contribution in [1.82, 2.24) is 9.80 Å². The Morgan fingerprint density at radius 3 is 2.37 bits per heavy atom. The zero-order valence-corrected chi connectivity index (χ0v) is 12.2. The summed E-state index contributed by atoms with van der Waals surface area (Å²) in [5.41, 5.74) is 1.91. The van der Waals surface area contributed by atoms with E-state index in [4.69, 9.17) is 0 Å². The lowest BCUT2D eigenvalue weighted by Crippen LogP contribution is -2.49. The molecule has 0 aromatic heterocycles. The fraction of sp³-hybridized carbons (Fsp3) is 0.562. The number of piperazine rings is 1. The van der Waals surface area contributed by atoms with Gasteiger partial charge in [0.1, 0.15) is 0 Å². The fourth-order valence-electron chi connectivity index (χ4n) is 2.63. The number of hydrogen-bond acceptors (Lipinski definition) is 2. The molecule has 1 amide bonds. The van der Waals surface area contributed by atoms with Gasteiger partial charge < -0.3 is 4.90 Å². The van der Waals surface area contributed by atoms with Crippen LogP contribution >= 0.6 is 0 Å². The molecular weight excluding hydrogens is 236 g/mol. The Morgan fingerprint density at radius 2 is 1.79 bits per heavy atom. The van der Waals surface area contributed by atoms with E-state index >= 15 is 0 Å². The van der Waals surface area contributed by atoms with E-state index in [-0.39, 0.29) is 5.91 Å². The van der Waals surface area contributed by atoms with E-state index in [1.165, 1.54) is 0 Å². The van der Waals surface area contributed by atoms with Crippen LogP contribution in [-0.4, -0.2) is 48.4 Å². The first-order valence-corrected chi connectivity index (χ1v) is 7.15. The Labute approximate surface area is 116 Å². The number of aryl methyl sites for hydroxylation is 1. The predicted molar refractivity (Wildman–Crippen MR) is 78.4 cm³/mol. The highest BCUT2D eigenvalue weighted by molar-refractivity contribution is 5.95. The van der Waals surface area contributed by atoms with Crippen LogP contribution in [-0.2, 0) is 0 Å². The summed E-state index contributed by atoms with van der Waals surface area (Å²) in [6.07, 6.45) is 0. The highest BCUT2D eigenvalue weighted by Crippen LogP contribution is 2.13. The lowest BCUT2D eigenvalue weighted by atomic mass is 10.1.